The Hall–Kier alpha value is -1.06. The molecule has 0 bridgehead atoms. The van der Waals surface area contributed by atoms with Crippen LogP contribution in [0.3, 0.4) is 0 Å². The van der Waals surface area contributed by atoms with Crippen LogP contribution in [0.5, 0.6) is 5.75 Å². The molecule has 2 rings (SSSR count). The second kappa shape index (κ2) is 6.21. The van der Waals surface area contributed by atoms with Crippen LogP contribution in [0.2, 0.25) is 0 Å². The van der Waals surface area contributed by atoms with Gasteiger partial charge in [0, 0.05) is 12.0 Å². The van der Waals surface area contributed by atoms with Crippen molar-refractivity contribution in [2.45, 2.75) is 25.7 Å². The summed E-state index contributed by atoms with van der Waals surface area (Å²) in [5, 5.41) is 9.58. The summed E-state index contributed by atoms with van der Waals surface area (Å²) in [6.45, 7) is 1.48. The molecular weight excluding hydrogens is 226 g/mol. The Morgan fingerprint density at radius 3 is 2.56 bits per heavy atom. The fourth-order valence-electron chi connectivity index (χ4n) is 2.57. The maximum Gasteiger partial charge on any atom is 0.119 e. The predicted molar refractivity (Wildman–Crippen MR) is 72.5 cm³/mol. The van der Waals surface area contributed by atoms with Gasteiger partial charge in [0.05, 0.1) is 13.2 Å². The molecule has 3 heteroatoms. The fraction of sp³-hybridized carbons (Fsp3) is 0.600. The van der Waals surface area contributed by atoms with Crippen LogP contribution in [0.4, 0.5) is 0 Å². The molecule has 0 heterocycles. The minimum absolute atomic E-state index is 0.0555. The minimum atomic E-state index is -0.0555. The number of aliphatic hydroxyl groups excluding tert-OH is 1. The van der Waals surface area contributed by atoms with Crippen molar-refractivity contribution < 1.29 is 9.84 Å². The standard InChI is InChI=1S/C15H23NO2/c16-11-15(12-17,13-7-8-13)9-4-10-18-14-5-2-1-3-6-14/h1-3,5-6,13,17H,4,7-12,16H2. The average Bonchev–Trinajstić information content (AvgIpc) is 3.26. The number of aliphatic hydroxyl groups is 1. The summed E-state index contributed by atoms with van der Waals surface area (Å²) in [4.78, 5) is 0. The van der Waals surface area contributed by atoms with Crippen LogP contribution in [0, 0.1) is 11.3 Å². The second-order valence-corrected chi connectivity index (χ2v) is 5.26. The van der Waals surface area contributed by atoms with Crippen LogP contribution >= 0.6 is 0 Å². The van der Waals surface area contributed by atoms with E-state index >= 15 is 0 Å². The van der Waals surface area contributed by atoms with E-state index in [1.165, 1.54) is 12.8 Å². The quantitative estimate of drug-likeness (QED) is 0.694. The lowest BCUT2D eigenvalue weighted by molar-refractivity contribution is 0.0917. The first-order chi connectivity index (χ1) is 8.80. The molecule has 1 saturated carbocycles. The van der Waals surface area contributed by atoms with Crippen molar-refractivity contribution in [2.24, 2.45) is 17.1 Å². The molecule has 3 N–H and O–H groups in total. The molecule has 0 aromatic heterocycles. The van der Waals surface area contributed by atoms with Crippen molar-refractivity contribution in [1.82, 2.24) is 0 Å². The van der Waals surface area contributed by atoms with E-state index in [2.05, 4.69) is 0 Å². The molecule has 0 saturated heterocycles. The number of benzene rings is 1. The van der Waals surface area contributed by atoms with Crippen molar-refractivity contribution in [3.8, 4) is 5.75 Å². The highest BCUT2D eigenvalue weighted by Gasteiger charge is 2.43. The smallest absolute Gasteiger partial charge is 0.119 e. The molecule has 1 aromatic rings. The number of ether oxygens (including phenoxy) is 1. The molecule has 18 heavy (non-hydrogen) atoms. The van der Waals surface area contributed by atoms with Crippen LogP contribution in [-0.4, -0.2) is 24.9 Å². The van der Waals surface area contributed by atoms with E-state index in [-0.39, 0.29) is 12.0 Å². The van der Waals surface area contributed by atoms with Crippen LogP contribution in [0.25, 0.3) is 0 Å². The van der Waals surface area contributed by atoms with Crippen LogP contribution in [0.15, 0.2) is 30.3 Å². The van der Waals surface area contributed by atoms with Crippen LogP contribution < -0.4 is 10.5 Å². The van der Waals surface area contributed by atoms with Crippen LogP contribution in [-0.2, 0) is 0 Å². The lowest BCUT2D eigenvalue weighted by atomic mass is 9.79. The first-order valence-corrected chi connectivity index (χ1v) is 6.79. The molecule has 0 amide bonds. The molecule has 1 atom stereocenters. The third-order valence-electron chi connectivity index (χ3n) is 4.00. The second-order valence-electron chi connectivity index (χ2n) is 5.26. The van der Waals surface area contributed by atoms with E-state index in [0.29, 0.717) is 19.1 Å². The summed E-state index contributed by atoms with van der Waals surface area (Å²) in [6.07, 6.45) is 4.34. The van der Waals surface area contributed by atoms with Gasteiger partial charge < -0.3 is 15.6 Å². The van der Waals surface area contributed by atoms with Gasteiger partial charge in [0.25, 0.3) is 0 Å². The van der Waals surface area contributed by atoms with E-state index in [0.717, 1.165) is 18.6 Å². The van der Waals surface area contributed by atoms with Crippen LogP contribution in [0.1, 0.15) is 25.7 Å². The molecule has 1 unspecified atom stereocenters. The third-order valence-corrected chi connectivity index (χ3v) is 4.00. The topological polar surface area (TPSA) is 55.5 Å². The minimum Gasteiger partial charge on any atom is -0.494 e. The van der Waals surface area contributed by atoms with Crippen molar-refractivity contribution in [1.29, 1.82) is 0 Å². The SMILES string of the molecule is NCC(CO)(CCCOc1ccccc1)C1CC1. The van der Waals surface area contributed by atoms with E-state index in [1.807, 2.05) is 30.3 Å². The predicted octanol–water partition coefficient (Wildman–Crippen LogP) is 2.19. The summed E-state index contributed by atoms with van der Waals surface area (Å²) >= 11 is 0. The van der Waals surface area contributed by atoms with E-state index in [4.69, 9.17) is 10.5 Å². The third kappa shape index (κ3) is 3.24. The Labute approximate surface area is 109 Å². The number of para-hydroxylation sites is 1. The zero-order valence-corrected chi connectivity index (χ0v) is 10.8. The van der Waals surface area contributed by atoms with Gasteiger partial charge in [-0.15, -0.1) is 0 Å². The molecule has 1 aliphatic carbocycles. The lowest BCUT2D eigenvalue weighted by Crippen LogP contribution is -2.36. The van der Waals surface area contributed by atoms with E-state index in [9.17, 15) is 5.11 Å². The zero-order valence-electron chi connectivity index (χ0n) is 10.8. The molecule has 1 aromatic carbocycles. The largest absolute Gasteiger partial charge is 0.494 e. The monoisotopic (exact) mass is 249 g/mol. The van der Waals surface area contributed by atoms with Gasteiger partial charge in [-0.25, -0.2) is 0 Å². The fourth-order valence-corrected chi connectivity index (χ4v) is 2.57. The molecule has 3 nitrogen and oxygen atoms in total. The summed E-state index contributed by atoms with van der Waals surface area (Å²) in [5.41, 5.74) is 5.80. The summed E-state index contributed by atoms with van der Waals surface area (Å²) < 4.78 is 5.67. The Morgan fingerprint density at radius 2 is 2.00 bits per heavy atom. The number of hydrogen-bond donors (Lipinski definition) is 2. The average molecular weight is 249 g/mol. The first-order valence-electron chi connectivity index (χ1n) is 6.79. The maximum atomic E-state index is 9.58. The Bertz CT molecular complexity index is 345. The van der Waals surface area contributed by atoms with E-state index in [1.54, 1.807) is 0 Å². The molecule has 0 radical (unpaired) electrons. The summed E-state index contributed by atoms with van der Waals surface area (Å²) in [5.74, 6) is 1.54. The molecule has 0 spiro atoms. The Kier molecular flexibility index (Phi) is 4.61. The van der Waals surface area contributed by atoms with Gasteiger partial charge in [-0.3, -0.25) is 0 Å². The highest BCUT2D eigenvalue weighted by atomic mass is 16.5. The molecule has 0 aliphatic heterocycles. The summed E-state index contributed by atoms with van der Waals surface area (Å²) in [7, 11) is 0. The van der Waals surface area contributed by atoms with Gasteiger partial charge in [0.2, 0.25) is 0 Å². The van der Waals surface area contributed by atoms with Gasteiger partial charge in [-0.1, -0.05) is 18.2 Å². The van der Waals surface area contributed by atoms with Crippen molar-refractivity contribution in [2.75, 3.05) is 19.8 Å². The lowest BCUT2D eigenvalue weighted by Gasteiger charge is -2.30. The highest BCUT2D eigenvalue weighted by molar-refractivity contribution is 5.20. The molecule has 1 fully saturated rings. The first kappa shape index (κ1) is 13.4. The van der Waals surface area contributed by atoms with Gasteiger partial charge in [0.1, 0.15) is 5.75 Å². The van der Waals surface area contributed by atoms with Gasteiger partial charge in [-0.2, -0.15) is 0 Å². The number of rotatable bonds is 8. The zero-order chi connectivity index (χ0) is 12.8. The maximum absolute atomic E-state index is 9.58. The molecule has 1 aliphatic rings. The van der Waals surface area contributed by atoms with E-state index < -0.39 is 0 Å². The Balaban J connectivity index is 1.74. The van der Waals surface area contributed by atoms with Crippen molar-refractivity contribution >= 4 is 0 Å². The number of nitrogens with two attached hydrogens (primary N) is 1. The van der Waals surface area contributed by atoms with Gasteiger partial charge in [-0.05, 0) is 43.7 Å². The Morgan fingerprint density at radius 1 is 1.28 bits per heavy atom. The highest BCUT2D eigenvalue weighted by Crippen LogP contribution is 2.47. The molecular formula is C15H23NO2. The summed E-state index contributed by atoms with van der Waals surface area (Å²) in [6, 6.07) is 9.84. The van der Waals surface area contributed by atoms with Gasteiger partial charge >= 0.3 is 0 Å². The van der Waals surface area contributed by atoms with Crippen molar-refractivity contribution in [3.05, 3.63) is 30.3 Å². The molecule has 100 valence electrons. The number of hydrogen-bond acceptors (Lipinski definition) is 3. The van der Waals surface area contributed by atoms with Gasteiger partial charge in [0.15, 0.2) is 0 Å². The normalized spacial score (nSPS) is 18.3. The van der Waals surface area contributed by atoms with Crippen molar-refractivity contribution in [3.63, 3.8) is 0 Å².